The quantitative estimate of drug-likeness (QED) is 0.657. The summed E-state index contributed by atoms with van der Waals surface area (Å²) in [4.78, 5) is 10.4. The second-order valence-corrected chi connectivity index (χ2v) is 6.63. The van der Waals surface area contributed by atoms with E-state index in [1.807, 2.05) is 0 Å². The van der Waals surface area contributed by atoms with Gasteiger partial charge in [-0.3, -0.25) is 10.1 Å². The van der Waals surface area contributed by atoms with E-state index in [-0.39, 0.29) is 10.7 Å². The lowest BCUT2D eigenvalue weighted by Crippen LogP contribution is -2.22. The predicted molar refractivity (Wildman–Crippen MR) is 77.7 cm³/mol. The van der Waals surface area contributed by atoms with E-state index in [1.54, 1.807) is 12.1 Å². The number of halogens is 1. The molecule has 1 aliphatic rings. The van der Waals surface area contributed by atoms with Gasteiger partial charge >= 0.3 is 0 Å². The minimum atomic E-state index is -0.449. The lowest BCUT2D eigenvalue weighted by Gasteiger charge is -2.19. The molecule has 0 aromatic heterocycles. The Morgan fingerprint density at radius 1 is 1.42 bits per heavy atom. The number of anilines is 1. The van der Waals surface area contributed by atoms with Crippen LogP contribution in [0.2, 0.25) is 5.02 Å². The van der Waals surface area contributed by atoms with Crippen LogP contribution in [0.4, 0.5) is 11.4 Å². The average Bonchev–Trinajstić information content (AvgIpc) is 2.54. The van der Waals surface area contributed by atoms with Crippen LogP contribution in [0.25, 0.3) is 0 Å². The van der Waals surface area contributed by atoms with Crippen molar-refractivity contribution in [1.82, 2.24) is 0 Å². The Hall–Kier alpha value is -1.29. The summed E-state index contributed by atoms with van der Waals surface area (Å²) in [5.41, 5.74) is 1.05. The second kappa shape index (κ2) is 5.00. The maximum atomic E-state index is 10.9. The monoisotopic (exact) mass is 282 g/mol. The largest absolute Gasteiger partial charge is 0.382 e. The van der Waals surface area contributed by atoms with E-state index in [4.69, 9.17) is 11.6 Å². The van der Waals surface area contributed by atoms with Crippen molar-refractivity contribution in [3.05, 3.63) is 33.3 Å². The van der Waals surface area contributed by atoms with Crippen molar-refractivity contribution in [3.63, 3.8) is 0 Å². The molecule has 0 bridgehead atoms. The molecule has 2 rings (SSSR count). The molecule has 0 radical (unpaired) electrons. The van der Waals surface area contributed by atoms with Crippen LogP contribution >= 0.6 is 11.6 Å². The third-order valence-corrected chi connectivity index (χ3v) is 4.15. The molecule has 4 nitrogen and oxygen atoms in total. The van der Waals surface area contributed by atoms with E-state index in [2.05, 4.69) is 26.1 Å². The summed E-state index contributed by atoms with van der Waals surface area (Å²) in [6.07, 6.45) is 2.24. The third-order valence-electron chi connectivity index (χ3n) is 3.83. The Labute approximate surface area is 118 Å². The van der Waals surface area contributed by atoms with Crippen molar-refractivity contribution >= 4 is 23.0 Å². The van der Waals surface area contributed by atoms with Gasteiger partial charge < -0.3 is 5.32 Å². The average molecular weight is 283 g/mol. The number of nitro groups is 1. The fraction of sp³-hybridized carbons (Fsp3) is 0.571. The molecule has 0 saturated heterocycles. The summed E-state index contributed by atoms with van der Waals surface area (Å²) in [5, 5.41) is 14.5. The zero-order valence-electron chi connectivity index (χ0n) is 11.4. The maximum Gasteiger partial charge on any atom is 0.289 e. The molecule has 0 spiro atoms. The molecule has 0 aliphatic heterocycles. The summed E-state index contributed by atoms with van der Waals surface area (Å²) < 4.78 is 0. The molecule has 1 saturated carbocycles. The highest BCUT2D eigenvalue weighted by Crippen LogP contribution is 2.42. The summed E-state index contributed by atoms with van der Waals surface area (Å²) in [6.45, 7) is 6.74. The number of hydrogen-bond donors (Lipinski definition) is 1. The van der Waals surface area contributed by atoms with Crippen molar-refractivity contribution in [2.45, 2.75) is 39.7 Å². The molecule has 0 heterocycles. The van der Waals surface area contributed by atoms with Crippen LogP contribution in [0, 0.1) is 21.4 Å². The van der Waals surface area contributed by atoms with Gasteiger partial charge in [-0.1, -0.05) is 32.4 Å². The van der Waals surface area contributed by atoms with Gasteiger partial charge in [0.25, 0.3) is 5.69 Å². The molecule has 2 unspecified atom stereocenters. The number of benzene rings is 1. The molecule has 19 heavy (non-hydrogen) atoms. The van der Waals surface area contributed by atoms with E-state index in [0.717, 1.165) is 12.1 Å². The van der Waals surface area contributed by atoms with Crippen molar-refractivity contribution < 1.29 is 4.92 Å². The van der Waals surface area contributed by atoms with E-state index in [0.29, 0.717) is 17.4 Å². The van der Waals surface area contributed by atoms with E-state index < -0.39 is 4.92 Å². The fourth-order valence-corrected chi connectivity index (χ4v) is 3.23. The van der Waals surface area contributed by atoms with Crippen LogP contribution in [0.15, 0.2) is 18.2 Å². The van der Waals surface area contributed by atoms with Crippen molar-refractivity contribution in [2.75, 3.05) is 5.32 Å². The van der Waals surface area contributed by atoms with Gasteiger partial charge in [0.15, 0.2) is 0 Å². The van der Waals surface area contributed by atoms with Crippen molar-refractivity contribution in [3.8, 4) is 0 Å². The predicted octanol–water partition coefficient (Wildman–Crippen LogP) is 4.48. The Bertz CT molecular complexity index is 502. The number of rotatable bonds is 3. The standard InChI is InChI=1S/C14H19ClN2O2/c1-9-7-14(2,3)8-12(9)16-10-4-5-11(15)13(6-10)17(18)19/h4-6,9,12,16H,7-8H2,1-3H3. The van der Waals surface area contributed by atoms with Crippen molar-refractivity contribution in [1.29, 1.82) is 0 Å². The summed E-state index contributed by atoms with van der Waals surface area (Å²) >= 11 is 5.81. The highest BCUT2D eigenvalue weighted by Gasteiger charge is 2.36. The smallest absolute Gasteiger partial charge is 0.289 e. The summed E-state index contributed by atoms with van der Waals surface area (Å²) in [6, 6.07) is 5.25. The Balaban J connectivity index is 2.16. The SMILES string of the molecule is CC1CC(C)(C)CC1Nc1ccc(Cl)c([N+](=O)[O-])c1. The Morgan fingerprint density at radius 3 is 2.63 bits per heavy atom. The number of nitrogens with one attached hydrogen (secondary N) is 1. The van der Waals surface area contributed by atoms with Gasteiger partial charge in [-0.15, -0.1) is 0 Å². The highest BCUT2D eigenvalue weighted by molar-refractivity contribution is 6.32. The number of nitro benzene ring substituents is 1. The third kappa shape index (κ3) is 3.18. The van der Waals surface area contributed by atoms with Crippen LogP contribution in [-0.4, -0.2) is 11.0 Å². The van der Waals surface area contributed by atoms with Gasteiger partial charge in [-0.2, -0.15) is 0 Å². The molecule has 2 atom stereocenters. The lowest BCUT2D eigenvalue weighted by molar-refractivity contribution is -0.384. The molecule has 1 aromatic rings. The van der Waals surface area contributed by atoms with Gasteiger partial charge in [-0.05, 0) is 36.3 Å². The van der Waals surface area contributed by atoms with Gasteiger partial charge in [0.05, 0.1) is 4.92 Å². The van der Waals surface area contributed by atoms with Gasteiger partial charge in [0.2, 0.25) is 0 Å². The minimum Gasteiger partial charge on any atom is -0.382 e. The van der Waals surface area contributed by atoms with Crippen molar-refractivity contribution in [2.24, 2.45) is 11.3 Å². The molecule has 1 fully saturated rings. The first-order chi connectivity index (χ1) is 8.78. The van der Waals surface area contributed by atoms with Crippen LogP contribution in [0.5, 0.6) is 0 Å². The maximum absolute atomic E-state index is 10.9. The van der Waals surface area contributed by atoms with Crippen LogP contribution < -0.4 is 5.32 Å². The minimum absolute atomic E-state index is 0.0448. The topological polar surface area (TPSA) is 55.2 Å². The number of nitrogens with zero attached hydrogens (tertiary/aromatic N) is 1. The molecule has 5 heteroatoms. The lowest BCUT2D eigenvalue weighted by atomic mass is 9.91. The second-order valence-electron chi connectivity index (χ2n) is 6.22. The molecule has 1 aliphatic carbocycles. The van der Waals surface area contributed by atoms with E-state index >= 15 is 0 Å². The first-order valence-corrected chi connectivity index (χ1v) is 6.87. The Kier molecular flexibility index (Phi) is 3.72. The summed E-state index contributed by atoms with van der Waals surface area (Å²) in [5.74, 6) is 0.560. The molecule has 0 amide bonds. The highest BCUT2D eigenvalue weighted by atomic mass is 35.5. The van der Waals surface area contributed by atoms with Crippen LogP contribution in [0.3, 0.4) is 0 Å². The first kappa shape index (κ1) is 14.1. The Morgan fingerprint density at radius 2 is 2.11 bits per heavy atom. The van der Waals surface area contributed by atoms with Gasteiger partial charge in [-0.25, -0.2) is 0 Å². The van der Waals surface area contributed by atoms with Crippen LogP contribution in [-0.2, 0) is 0 Å². The normalized spacial score (nSPS) is 25.3. The molecular formula is C14H19ClN2O2. The van der Waals surface area contributed by atoms with E-state index in [1.165, 1.54) is 12.5 Å². The van der Waals surface area contributed by atoms with E-state index in [9.17, 15) is 10.1 Å². The van der Waals surface area contributed by atoms with Gasteiger partial charge in [0.1, 0.15) is 5.02 Å². The molecule has 1 aromatic carbocycles. The first-order valence-electron chi connectivity index (χ1n) is 6.49. The number of hydrogen-bond acceptors (Lipinski definition) is 3. The fourth-order valence-electron chi connectivity index (χ4n) is 3.04. The zero-order valence-corrected chi connectivity index (χ0v) is 12.2. The van der Waals surface area contributed by atoms with Crippen LogP contribution in [0.1, 0.15) is 33.6 Å². The molecular weight excluding hydrogens is 264 g/mol. The molecule has 1 N–H and O–H groups in total. The van der Waals surface area contributed by atoms with Gasteiger partial charge in [0, 0.05) is 17.8 Å². The zero-order chi connectivity index (χ0) is 14.2. The molecule has 104 valence electrons. The summed E-state index contributed by atoms with van der Waals surface area (Å²) in [7, 11) is 0.